The molecule has 0 unspecified atom stereocenters. The summed E-state index contributed by atoms with van der Waals surface area (Å²) < 4.78 is 63.3. The third kappa shape index (κ3) is 7.44. The first-order chi connectivity index (χ1) is 25.2. The Bertz CT molecular complexity index is 2140. The molecule has 2 aromatic carbocycles. The van der Waals surface area contributed by atoms with E-state index >= 15 is 8.78 Å². The molecule has 2 fully saturated rings. The topological polar surface area (TPSA) is 110 Å². The highest BCUT2D eigenvalue weighted by molar-refractivity contribution is 6.03. The fraction of sp³-hybridized carbons (Fsp3) is 0.410. The summed E-state index contributed by atoms with van der Waals surface area (Å²) in [6, 6.07) is 5.07. The van der Waals surface area contributed by atoms with Crippen LogP contribution < -0.4 is 14.4 Å². The molecule has 3 atom stereocenters. The molecule has 1 amide bonds. The Morgan fingerprint density at radius 2 is 2.02 bits per heavy atom. The molecule has 0 N–H and O–H groups in total. The summed E-state index contributed by atoms with van der Waals surface area (Å²) in [6.45, 7) is 9.99. The lowest BCUT2D eigenvalue weighted by atomic mass is 9.95. The third-order valence-electron chi connectivity index (χ3n) is 9.86. The van der Waals surface area contributed by atoms with Gasteiger partial charge in [0.05, 0.1) is 22.6 Å². The first kappa shape index (κ1) is 37.3. The van der Waals surface area contributed by atoms with Gasteiger partial charge in [-0.15, -0.1) is 6.42 Å². The van der Waals surface area contributed by atoms with E-state index < -0.39 is 35.6 Å². The molecule has 2 aromatic heterocycles. The molecular weight excluding hydrogens is 689 g/mol. The highest BCUT2D eigenvalue weighted by atomic mass is 19.1. The summed E-state index contributed by atoms with van der Waals surface area (Å²) in [7, 11) is 3.56. The lowest BCUT2D eigenvalue weighted by Crippen LogP contribution is -2.43. The minimum atomic E-state index is -1.04. The van der Waals surface area contributed by atoms with E-state index in [0.29, 0.717) is 18.5 Å². The van der Waals surface area contributed by atoms with Crippen LogP contribution in [0.5, 0.6) is 11.8 Å². The van der Waals surface area contributed by atoms with Gasteiger partial charge in [0.1, 0.15) is 41.4 Å². The van der Waals surface area contributed by atoms with Crippen LogP contribution in [0.1, 0.15) is 45.6 Å². The Labute approximate surface area is 305 Å². The van der Waals surface area contributed by atoms with Crippen molar-refractivity contribution in [1.29, 1.82) is 0 Å². The summed E-state index contributed by atoms with van der Waals surface area (Å²) in [5.74, 6) is 0.811. The summed E-state index contributed by atoms with van der Waals surface area (Å²) in [5.41, 5.74) is -1.20. The number of ether oxygens (including phenoxy) is 3. The Kier molecular flexibility index (Phi) is 10.5. The average molecular weight is 731 g/mol. The number of rotatable bonds is 10. The Hall–Kier alpha value is -5.42. The number of likely N-dealkylation sites (tertiary alicyclic amines) is 2. The zero-order valence-corrected chi connectivity index (χ0v) is 30.3. The number of benzene rings is 2. The maximum Gasteiger partial charge on any atom is 0.514 e. The lowest BCUT2D eigenvalue weighted by Gasteiger charge is -2.31. The van der Waals surface area contributed by atoms with Gasteiger partial charge in [0.15, 0.2) is 5.82 Å². The maximum absolute atomic E-state index is 17.1. The normalized spacial score (nSPS) is 20.2. The number of alkyl halides is 1. The van der Waals surface area contributed by atoms with Gasteiger partial charge in [0.25, 0.3) is 0 Å². The molecule has 11 nitrogen and oxygen atoms in total. The van der Waals surface area contributed by atoms with E-state index in [1.165, 1.54) is 36.5 Å². The molecule has 0 radical (unpaired) electrons. The van der Waals surface area contributed by atoms with Gasteiger partial charge in [-0.3, -0.25) is 14.7 Å². The molecule has 0 bridgehead atoms. The molecule has 2 aliphatic heterocycles. The number of hydrogen-bond acceptors (Lipinski definition) is 10. The standard InChI is InChI=1S/C39H41F3N6O5/c1-8-27-30(41)13-12-23-15-26(53-38(50)52-22(3)4)16-28(32(23)27)34-33(42)35-29(18-43-34)36(46(6)20-25-11-10-14-48(25)31(49)9-2)45-37(44-35)51-21-39(5)17-24(40)19-47(39)7/h1,9,12-13,15-16,18,22,24-25H,2,10-11,14,17,19-21H2,3-7H3/t24-,25+,39+/m1/s1. The van der Waals surface area contributed by atoms with E-state index in [-0.39, 0.29) is 82.2 Å². The van der Waals surface area contributed by atoms with Crippen molar-refractivity contribution >= 4 is 39.6 Å². The molecule has 0 aliphatic carbocycles. The number of terminal acetylenes is 1. The monoisotopic (exact) mass is 730 g/mol. The number of halogens is 3. The molecule has 14 heteroatoms. The first-order valence-corrected chi connectivity index (χ1v) is 17.3. The smallest absolute Gasteiger partial charge is 0.461 e. The first-order valence-electron chi connectivity index (χ1n) is 17.3. The van der Waals surface area contributed by atoms with Crippen LogP contribution >= 0.6 is 0 Å². The Balaban J connectivity index is 1.50. The van der Waals surface area contributed by atoms with Gasteiger partial charge in [-0.1, -0.05) is 18.6 Å². The summed E-state index contributed by atoms with van der Waals surface area (Å²) in [4.78, 5) is 44.1. The minimum absolute atomic E-state index is 0.0172. The van der Waals surface area contributed by atoms with Crippen molar-refractivity contribution in [2.24, 2.45) is 0 Å². The van der Waals surface area contributed by atoms with Crippen molar-refractivity contribution in [3.05, 3.63) is 60.3 Å². The van der Waals surface area contributed by atoms with E-state index in [2.05, 4.69) is 27.5 Å². The number of carbonyl (C=O) groups is 2. The number of anilines is 1. The number of likely N-dealkylation sites (N-methyl/N-ethyl adjacent to an activating group) is 2. The molecule has 53 heavy (non-hydrogen) atoms. The second-order valence-corrected chi connectivity index (χ2v) is 14.0. The molecule has 278 valence electrons. The highest BCUT2D eigenvalue weighted by Gasteiger charge is 2.41. The van der Waals surface area contributed by atoms with Gasteiger partial charge in [0, 0.05) is 56.3 Å². The molecule has 4 heterocycles. The summed E-state index contributed by atoms with van der Waals surface area (Å²) >= 11 is 0. The van der Waals surface area contributed by atoms with Crippen LogP contribution in [0.2, 0.25) is 0 Å². The SMILES string of the molecule is C#Cc1c(F)ccc2cc(OC(=O)OC(C)C)cc(-c3ncc4c(N(C)C[C@@H]5CCCN5C(=O)C=C)nc(OC[C@]5(C)C[C@@H](F)CN5C)nc4c3F)c12. The van der Waals surface area contributed by atoms with Crippen molar-refractivity contribution in [2.45, 2.75) is 63.9 Å². The summed E-state index contributed by atoms with van der Waals surface area (Å²) in [6.07, 6.45) is 7.71. The van der Waals surface area contributed by atoms with E-state index in [4.69, 9.17) is 20.6 Å². The lowest BCUT2D eigenvalue weighted by molar-refractivity contribution is -0.126. The molecular formula is C39H41F3N6O5. The average Bonchev–Trinajstić information content (AvgIpc) is 3.68. The Morgan fingerprint density at radius 3 is 2.70 bits per heavy atom. The predicted molar refractivity (Wildman–Crippen MR) is 195 cm³/mol. The van der Waals surface area contributed by atoms with Gasteiger partial charge in [-0.2, -0.15) is 9.97 Å². The van der Waals surface area contributed by atoms with Crippen molar-refractivity contribution < 1.29 is 37.0 Å². The van der Waals surface area contributed by atoms with Gasteiger partial charge in [-0.25, -0.2) is 18.0 Å². The number of carbonyl (C=O) groups excluding carboxylic acids is 2. The fourth-order valence-electron chi connectivity index (χ4n) is 7.12. The third-order valence-corrected chi connectivity index (χ3v) is 9.86. The van der Waals surface area contributed by atoms with Crippen LogP contribution in [-0.2, 0) is 9.53 Å². The Morgan fingerprint density at radius 1 is 1.25 bits per heavy atom. The van der Waals surface area contributed by atoms with E-state index in [1.54, 1.807) is 37.7 Å². The molecule has 2 aliphatic rings. The molecule has 0 saturated carbocycles. The zero-order valence-electron chi connectivity index (χ0n) is 30.3. The van der Waals surface area contributed by atoms with Crippen molar-refractivity contribution in [1.82, 2.24) is 24.8 Å². The summed E-state index contributed by atoms with van der Waals surface area (Å²) in [5, 5.41) is 0.749. The van der Waals surface area contributed by atoms with Gasteiger partial charge in [-0.05, 0) is 70.3 Å². The van der Waals surface area contributed by atoms with Crippen LogP contribution in [0.15, 0.2) is 43.1 Å². The van der Waals surface area contributed by atoms with Crippen LogP contribution in [0.25, 0.3) is 32.9 Å². The van der Waals surface area contributed by atoms with Crippen molar-refractivity contribution in [3.63, 3.8) is 0 Å². The van der Waals surface area contributed by atoms with Crippen LogP contribution in [0.3, 0.4) is 0 Å². The largest absolute Gasteiger partial charge is 0.514 e. The predicted octanol–water partition coefficient (Wildman–Crippen LogP) is 6.45. The number of hydrogen-bond donors (Lipinski definition) is 0. The number of amides is 1. The zero-order chi connectivity index (χ0) is 38.2. The molecule has 6 rings (SSSR count). The van der Waals surface area contributed by atoms with Crippen LogP contribution in [0.4, 0.5) is 23.8 Å². The van der Waals surface area contributed by atoms with E-state index in [1.807, 2.05) is 11.8 Å². The van der Waals surface area contributed by atoms with Crippen LogP contribution in [0, 0.1) is 24.0 Å². The maximum atomic E-state index is 17.1. The second kappa shape index (κ2) is 14.9. The second-order valence-electron chi connectivity index (χ2n) is 14.0. The van der Waals surface area contributed by atoms with Gasteiger partial charge >= 0.3 is 12.2 Å². The van der Waals surface area contributed by atoms with E-state index in [0.717, 1.165) is 12.8 Å². The number of pyridine rings is 1. The number of nitrogens with zero attached hydrogens (tertiary/aromatic N) is 6. The number of fused-ring (bicyclic) bond motifs is 2. The molecule has 0 spiro atoms. The fourth-order valence-corrected chi connectivity index (χ4v) is 7.12. The highest BCUT2D eigenvalue weighted by Crippen LogP contribution is 2.39. The van der Waals surface area contributed by atoms with Crippen molar-refractivity contribution in [3.8, 4) is 35.4 Å². The molecule has 4 aromatic rings. The van der Waals surface area contributed by atoms with E-state index in [9.17, 15) is 14.0 Å². The van der Waals surface area contributed by atoms with Crippen molar-refractivity contribution in [2.75, 3.05) is 45.2 Å². The van der Waals surface area contributed by atoms with Gasteiger partial charge in [0.2, 0.25) is 5.91 Å². The van der Waals surface area contributed by atoms with Gasteiger partial charge < -0.3 is 24.0 Å². The number of aromatic nitrogens is 3. The quantitative estimate of drug-likeness (QED) is 0.0782. The molecule has 2 saturated heterocycles. The minimum Gasteiger partial charge on any atom is -0.461 e. The van der Waals surface area contributed by atoms with Crippen LogP contribution in [-0.4, -0.2) is 101 Å².